The van der Waals surface area contributed by atoms with E-state index in [-0.39, 0.29) is 17.0 Å². The molecule has 3 aromatic rings. The van der Waals surface area contributed by atoms with Gasteiger partial charge < -0.3 is 21.4 Å². The van der Waals surface area contributed by atoms with Crippen LogP contribution in [0.15, 0.2) is 55.0 Å². The number of nitrogens with zero attached hydrogens (tertiary/aromatic N) is 3. The number of fused-ring (bicyclic) bond motifs is 1. The van der Waals surface area contributed by atoms with Crippen LogP contribution >= 0.6 is 0 Å². The number of hydrogen-bond donors (Lipinski definition) is 1. The number of anilines is 1. The average molecular weight is 305 g/mol. The third-order valence-electron chi connectivity index (χ3n) is 2.72. The van der Waals surface area contributed by atoms with E-state index in [2.05, 4.69) is 4.98 Å². The summed E-state index contributed by atoms with van der Waals surface area (Å²) in [5.74, 6) is 0.740. The van der Waals surface area contributed by atoms with Crippen molar-refractivity contribution in [2.24, 2.45) is 0 Å². The second kappa shape index (κ2) is 5.18. The number of imidazole rings is 1. The third-order valence-corrected chi connectivity index (χ3v) is 2.72. The molecule has 4 nitrogen and oxygen atoms in total. The van der Waals surface area contributed by atoms with E-state index in [0.29, 0.717) is 6.54 Å². The molecule has 18 heavy (non-hydrogen) atoms. The Labute approximate surface area is 115 Å². The van der Waals surface area contributed by atoms with Crippen molar-refractivity contribution in [3.8, 4) is 0 Å². The van der Waals surface area contributed by atoms with Gasteiger partial charge in [0.1, 0.15) is 17.9 Å². The first-order valence-electron chi connectivity index (χ1n) is 5.49. The monoisotopic (exact) mass is 304 g/mol. The van der Waals surface area contributed by atoms with Crippen LogP contribution in [0.5, 0.6) is 0 Å². The van der Waals surface area contributed by atoms with Gasteiger partial charge in [0.25, 0.3) is 5.82 Å². The standard InChI is InChI=1S/C13H12N4.BrH/c14-12-5-1-3-7-16(12)9-11-10-17-8-4-2-6-13(17)15-11;/h1-8,10,14H,9H2;1H. The molecular weight excluding hydrogens is 292 g/mol. The van der Waals surface area contributed by atoms with Crippen molar-refractivity contribution in [2.45, 2.75) is 6.54 Å². The maximum Gasteiger partial charge on any atom is 0.272 e. The maximum absolute atomic E-state index is 5.89. The molecule has 2 N–H and O–H groups in total. The van der Waals surface area contributed by atoms with Crippen molar-refractivity contribution in [3.63, 3.8) is 0 Å². The van der Waals surface area contributed by atoms with Crippen molar-refractivity contribution in [1.82, 2.24) is 9.38 Å². The molecule has 0 saturated heterocycles. The smallest absolute Gasteiger partial charge is 0.272 e. The molecule has 92 valence electrons. The molecule has 0 saturated carbocycles. The van der Waals surface area contributed by atoms with Gasteiger partial charge in [-0.3, -0.25) is 5.73 Å². The second-order valence-electron chi connectivity index (χ2n) is 3.95. The van der Waals surface area contributed by atoms with Gasteiger partial charge in [-0.25, -0.2) is 9.55 Å². The summed E-state index contributed by atoms with van der Waals surface area (Å²) in [7, 11) is 0. The quantitative estimate of drug-likeness (QED) is 0.571. The Kier molecular flexibility index (Phi) is 3.62. The fourth-order valence-electron chi connectivity index (χ4n) is 1.87. The zero-order valence-electron chi connectivity index (χ0n) is 9.70. The van der Waals surface area contributed by atoms with Crippen LogP contribution in [0.25, 0.3) is 5.65 Å². The number of halogens is 1. The number of pyridine rings is 2. The maximum atomic E-state index is 5.89. The molecule has 0 atom stereocenters. The van der Waals surface area contributed by atoms with Crippen molar-refractivity contribution in [1.29, 1.82) is 0 Å². The first-order chi connectivity index (χ1) is 8.33. The van der Waals surface area contributed by atoms with Gasteiger partial charge in [-0.05, 0) is 18.2 Å². The van der Waals surface area contributed by atoms with Crippen molar-refractivity contribution < 1.29 is 21.5 Å². The highest BCUT2D eigenvalue weighted by atomic mass is 79.9. The summed E-state index contributed by atoms with van der Waals surface area (Å²) in [4.78, 5) is 4.54. The van der Waals surface area contributed by atoms with Gasteiger partial charge in [-0.1, -0.05) is 12.1 Å². The Morgan fingerprint density at radius 3 is 2.78 bits per heavy atom. The lowest BCUT2D eigenvalue weighted by molar-refractivity contribution is -0.674. The minimum Gasteiger partial charge on any atom is -1.00 e. The third kappa shape index (κ3) is 2.36. The fourth-order valence-corrected chi connectivity index (χ4v) is 1.87. The number of aromatic nitrogens is 3. The van der Waals surface area contributed by atoms with E-state index in [9.17, 15) is 0 Å². The number of nitrogen functional groups attached to an aromatic ring is 1. The highest BCUT2D eigenvalue weighted by molar-refractivity contribution is 5.39. The highest BCUT2D eigenvalue weighted by Gasteiger charge is 2.07. The summed E-state index contributed by atoms with van der Waals surface area (Å²) in [5, 5.41) is 0. The highest BCUT2D eigenvalue weighted by Crippen LogP contribution is 2.04. The summed E-state index contributed by atoms with van der Waals surface area (Å²) in [6.07, 6.45) is 5.97. The first-order valence-corrected chi connectivity index (χ1v) is 5.49. The van der Waals surface area contributed by atoms with Gasteiger partial charge in [0.2, 0.25) is 0 Å². The predicted octanol–water partition coefficient (Wildman–Crippen LogP) is -1.74. The molecule has 3 rings (SSSR count). The molecule has 0 aliphatic rings. The molecule has 0 spiro atoms. The number of nitrogens with two attached hydrogens (primary N) is 1. The Morgan fingerprint density at radius 2 is 2.00 bits per heavy atom. The minimum absolute atomic E-state index is 0. The summed E-state index contributed by atoms with van der Waals surface area (Å²) in [6.45, 7) is 0.689. The van der Waals surface area contributed by atoms with Gasteiger partial charge in [0.15, 0.2) is 0 Å². The Morgan fingerprint density at radius 1 is 1.17 bits per heavy atom. The number of rotatable bonds is 2. The molecule has 0 aliphatic heterocycles. The van der Waals surface area contributed by atoms with E-state index in [1.165, 1.54) is 0 Å². The molecule has 0 fully saturated rings. The van der Waals surface area contributed by atoms with Crippen molar-refractivity contribution in [3.05, 3.63) is 60.7 Å². The van der Waals surface area contributed by atoms with Gasteiger partial charge in [0.05, 0.1) is 6.20 Å². The van der Waals surface area contributed by atoms with Crippen LogP contribution in [-0.4, -0.2) is 9.38 Å². The zero-order chi connectivity index (χ0) is 11.7. The van der Waals surface area contributed by atoms with Crippen molar-refractivity contribution >= 4 is 11.5 Å². The number of hydrogen-bond acceptors (Lipinski definition) is 2. The Balaban J connectivity index is 0.00000120. The van der Waals surface area contributed by atoms with Gasteiger partial charge in [-0.2, -0.15) is 0 Å². The van der Waals surface area contributed by atoms with E-state index in [0.717, 1.165) is 17.2 Å². The average Bonchev–Trinajstić information content (AvgIpc) is 2.74. The van der Waals surface area contributed by atoms with Crippen LogP contribution in [0.2, 0.25) is 0 Å². The van der Waals surface area contributed by atoms with Crippen LogP contribution in [0, 0.1) is 0 Å². The van der Waals surface area contributed by atoms with Gasteiger partial charge >= 0.3 is 0 Å². The zero-order valence-corrected chi connectivity index (χ0v) is 11.3. The Bertz CT molecular complexity index is 630. The molecule has 0 bridgehead atoms. The lowest BCUT2D eigenvalue weighted by Gasteiger charge is -1.98. The van der Waals surface area contributed by atoms with Crippen LogP contribution < -0.4 is 27.3 Å². The van der Waals surface area contributed by atoms with E-state index < -0.39 is 0 Å². The lowest BCUT2D eigenvalue weighted by Crippen LogP contribution is -3.00. The Hall–Kier alpha value is -1.88. The summed E-state index contributed by atoms with van der Waals surface area (Å²) < 4.78 is 3.98. The summed E-state index contributed by atoms with van der Waals surface area (Å²) in [5.41, 5.74) is 7.85. The van der Waals surface area contributed by atoms with E-state index >= 15 is 0 Å². The van der Waals surface area contributed by atoms with E-state index in [4.69, 9.17) is 5.73 Å². The van der Waals surface area contributed by atoms with Crippen molar-refractivity contribution in [2.75, 3.05) is 5.73 Å². The molecule has 3 heterocycles. The van der Waals surface area contributed by atoms with E-state index in [1.807, 2.05) is 64.0 Å². The molecule has 0 amide bonds. The van der Waals surface area contributed by atoms with Crippen LogP contribution in [-0.2, 0) is 6.54 Å². The predicted molar refractivity (Wildman–Crippen MR) is 65.3 cm³/mol. The largest absolute Gasteiger partial charge is 1.00 e. The lowest BCUT2D eigenvalue weighted by atomic mass is 10.4. The molecule has 0 aliphatic carbocycles. The summed E-state index contributed by atoms with van der Waals surface area (Å²) in [6, 6.07) is 11.7. The topological polar surface area (TPSA) is 47.2 Å². The molecule has 0 unspecified atom stereocenters. The van der Waals surface area contributed by atoms with Gasteiger partial charge in [0, 0.05) is 18.5 Å². The molecule has 3 aromatic heterocycles. The molecule has 0 aromatic carbocycles. The fraction of sp³-hybridized carbons (Fsp3) is 0.0769. The summed E-state index contributed by atoms with van der Waals surface area (Å²) >= 11 is 0. The minimum atomic E-state index is 0. The second-order valence-corrected chi connectivity index (χ2v) is 3.95. The van der Waals surface area contributed by atoms with Gasteiger partial charge in [-0.15, -0.1) is 0 Å². The van der Waals surface area contributed by atoms with Crippen LogP contribution in [0.1, 0.15) is 5.69 Å². The van der Waals surface area contributed by atoms with Crippen LogP contribution in [0.4, 0.5) is 5.82 Å². The molecule has 0 radical (unpaired) electrons. The SMILES string of the molecule is Nc1cccc[n+]1Cc1cn2ccccc2n1.[Br-]. The molecular formula is C13H13BrN4. The van der Waals surface area contributed by atoms with E-state index in [1.54, 1.807) is 0 Å². The first kappa shape index (κ1) is 12.6. The molecule has 5 heteroatoms. The van der Waals surface area contributed by atoms with Crippen LogP contribution in [0.3, 0.4) is 0 Å². The normalized spacial score (nSPS) is 10.2.